The van der Waals surface area contributed by atoms with Crippen LogP contribution in [0.2, 0.25) is 0 Å². The fraction of sp³-hybridized carbons (Fsp3) is 0.0769. The Balaban J connectivity index is 2.45. The summed E-state index contributed by atoms with van der Waals surface area (Å²) in [4.78, 5) is 0. The van der Waals surface area contributed by atoms with Crippen molar-refractivity contribution in [2.24, 2.45) is 0 Å². The van der Waals surface area contributed by atoms with Crippen molar-refractivity contribution < 1.29 is 7.85 Å². The minimum atomic E-state index is -2.29. The van der Waals surface area contributed by atoms with E-state index in [0.29, 0.717) is 0 Å². The molecule has 0 radical (unpaired) electrons. The number of aliphatic hydroxyl groups is 1. The van der Waals surface area contributed by atoms with Crippen LogP contribution in [0, 0.1) is 0 Å². The van der Waals surface area contributed by atoms with Crippen LogP contribution in [0.4, 0.5) is 0 Å². The highest BCUT2D eigenvalue weighted by Crippen LogP contribution is 2.19. The topological polar surface area (TPSA) is 20.2 Å². The molecule has 0 amide bonds. The molecule has 70 valence electrons. The quantitative estimate of drug-likeness (QED) is 0.764. The maximum absolute atomic E-state index is 9.29. The molecule has 0 aliphatic carbocycles. The summed E-state index contributed by atoms with van der Waals surface area (Å²) in [6.07, 6.45) is 0. The highest BCUT2D eigenvalue weighted by Gasteiger charge is 1.96. The first kappa shape index (κ1) is 6.80. The summed E-state index contributed by atoms with van der Waals surface area (Å²) >= 11 is 0. The highest BCUT2D eigenvalue weighted by atomic mass is 16.3. The molecule has 1 N–H and O–H groups in total. The molecule has 14 heavy (non-hydrogen) atoms. The lowest BCUT2D eigenvalue weighted by atomic mass is 10.0. The largest absolute Gasteiger partial charge is 0.392 e. The molecular formula is C13H12O. The van der Waals surface area contributed by atoms with Crippen LogP contribution < -0.4 is 0 Å². The van der Waals surface area contributed by atoms with Crippen LogP contribution in [-0.2, 0) is 6.56 Å². The van der Waals surface area contributed by atoms with Gasteiger partial charge in [-0.3, -0.25) is 0 Å². The average Bonchev–Trinajstić information content (AvgIpc) is 2.29. The zero-order chi connectivity index (χ0) is 11.6. The third kappa shape index (κ3) is 1.83. The van der Waals surface area contributed by atoms with E-state index in [1.165, 1.54) is 0 Å². The first-order chi connectivity index (χ1) is 7.57. The fourth-order valence-electron chi connectivity index (χ4n) is 1.40. The molecule has 0 unspecified atom stereocenters. The molecule has 0 saturated heterocycles. The predicted molar refractivity (Wildman–Crippen MR) is 57.8 cm³/mol. The van der Waals surface area contributed by atoms with Crippen molar-refractivity contribution in [3.8, 4) is 11.1 Å². The van der Waals surface area contributed by atoms with Gasteiger partial charge in [0, 0.05) is 0 Å². The summed E-state index contributed by atoms with van der Waals surface area (Å²) in [5, 5.41) is 9.29. The lowest BCUT2D eigenvalue weighted by Gasteiger charge is -2.02. The molecule has 0 spiro atoms. The van der Waals surface area contributed by atoms with Crippen LogP contribution in [-0.4, -0.2) is 5.11 Å². The number of benzene rings is 2. The Morgan fingerprint density at radius 1 is 0.929 bits per heavy atom. The van der Waals surface area contributed by atoms with E-state index in [1.54, 1.807) is 18.2 Å². The van der Waals surface area contributed by atoms with E-state index in [0.717, 1.165) is 11.1 Å². The highest BCUT2D eigenvalue weighted by molar-refractivity contribution is 5.63. The van der Waals surface area contributed by atoms with Crippen LogP contribution in [0.1, 0.15) is 8.30 Å². The molecule has 0 aliphatic heterocycles. The number of hydrogen-bond acceptors (Lipinski definition) is 1. The maximum atomic E-state index is 9.29. The molecule has 1 heteroatoms. The molecule has 2 aromatic carbocycles. The summed E-state index contributed by atoms with van der Waals surface area (Å²) in [7, 11) is 0. The van der Waals surface area contributed by atoms with Crippen LogP contribution in [0.5, 0.6) is 0 Å². The minimum Gasteiger partial charge on any atom is -0.392 e. The predicted octanol–water partition coefficient (Wildman–Crippen LogP) is 2.85. The van der Waals surface area contributed by atoms with E-state index in [4.69, 9.17) is 2.74 Å². The van der Waals surface area contributed by atoms with Gasteiger partial charge in [-0.25, -0.2) is 0 Å². The second kappa shape index (κ2) is 4.07. The maximum Gasteiger partial charge on any atom is 0.0682 e. The second-order valence-electron chi connectivity index (χ2n) is 3.06. The van der Waals surface area contributed by atoms with Gasteiger partial charge < -0.3 is 5.11 Å². The van der Waals surface area contributed by atoms with E-state index in [2.05, 4.69) is 0 Å². The monoisotopic (exact) mass is 186 g/mol. The summed E-state index contributed by atoms with van der Waals surface area (Å²) < 4.78 is 14.5. The van der Waals surface area contributed by atoms with Crippen LogP contribution in [0.25, 0.3) is 11.1 Å². The van der Waals surface area contributed by atoms with Crippen molar-refractivity contribution in [3.05, 3.63) is 60.2 Å². The Hall–Kier alpha value is -1.60. The van der Waals surface area contributed by atoms with Gasteiger partial charge in [0.15, 0.2) is 0 Å². The van der Waals surface area contributed by atoms with Gasteiger partial charge in [-0.2, -0.15) is 0 Å². The van der Waals surface area contributed by atoms with Gasteiger partial charge in [-0.15, -0.1) is 0 Å². The SMILES string of the molecule is [2H]C([2H])(O)c1cccc(-c2ccccc2)c1. The number of hydrogen-bond donors (Lipinski definition) is 1. The summed E-state index contributed by atoms with van der Waals surface area (Å²) in [5.74, 6) is 0. The number of rotatable bonds is 2. The smallest absolute Gasteiger partial charge is 0.0682 e. The lowest BCUT2D eigenvalue weighted by Crippen LogP contribution is -1.83. The lowest BCUT2D eigenvalue weighted by molar-refractivity contribution is 0.282. The third-order valence-corrected chi connectivity index (χ3v) is 2.10. The molecule has 0 fully saturated rings. The van der Waals surface area contributed by atoms with Crippen LogP contribution >= 0.6 is 0 Å². The molecule has 0 saturated carbocycles. The molecular weight excluding hydrogens is 172 g/mol. The first-order valence-electron chi connectivity index (χ1n) is 5.46. The van der Waals surface area contributed by atoms with Gasteiger partial charge >= 0.3 is 0 Å². The fourth-order valence-corrected chi connectivity index (χ4v) is 1.40. The Morgan fingerprint density at radius 2 is 1.64 bits per heavy atom. The molecule has 0 aliphatic rings. The molecule has 0 aromatic heterocycles. The average molecular weight is 186 g/mol. The summed E-state index contributed by atoms with van der Waals surface area (Å²) in [5.41, 5.74) is 2.18. The van der Waals surface area contributed by atoms with Crippen LogP contribution in [0.15, 0.2) is 54.6 Å². The van der Waals surface area contributed by atoms with Crippen molar-refractivity contribution in [2.45, 2.75) is 6.56 Å². The van der Waals surface area contributed by atoms with Gasteiger partial charge in [0.1, 0.15) is 0 Å². The van der Waals surface area contributed by atoms with Crippen molar-refractivity contribution >= 4 is 0 Å². The Labute approximate surface area is 86.5 Å². The van der Waals surface area contributed by atoms with Gasteiger partial charge in [-0.1, -0.05) is 48.5 Å². The zero-order valence-electron chi connectivity index (χ0n) is 9.64. The van der Waals surface area contributed by atoms with Gasteiger partial charge in [0.05, 0.1) is 9.30 Å². The van der Waals surface area contributed by atoms with Gasteiger partial charge in [0.25, 0.3) is 0 Å². The summed E-state index contributed by atoms with van der Waals surface area (Å²) in [6, 6.07) is 16.6. The summed E-state index contributed by atoms with van der Waals surface area (Å²) in [6.45, 7) is -2.29. The van der Waals surface area contributed by atoms with E-state index in [9.17, 15) is 5.11 Å². The van der Waals surface area contributed by atoms with Gasteiger partial charge in [0.2, 0.25) is 0 Å². The van der Waals surface area contributed by atoms with Crippen molar-refractivity contribution in [3.63, 3.8) is 0 Å². The van der Waals surface area contributed by atoms with E-state index in [1.807, 2.05) is 36.4 Å². The van der Waals surface area contributed by atoms with Crippen LogP contribution in [0.3, 0.4) is 0 Å². The minimum absolute atomic E-state index is 0.272. The first-order valence-corrected chi connectivity index (χ1v) is 4.46. The second-order valence-corrected chi connectivity index (χ2v) is 3.06. The Morgan fingerprint density at radius 3 is 2.36 bits per heavy atom. The van der Waals surface area contributed by atoms with E-state index in [-0.39, 0.29) is 5.56 Å². The van der Waals surface area contributed by atoms with E-state index >= 15 is 0 Å². The third-order valence-electron chi connectivity index (χ3n) is 2.10. The molecule has 0 atom stereocenters. The standard InChI is InChI=1S/C13H12O/c14-10-11-5-4-8-13(9-11)12-6-2-1-3-7-12/h1-9,14H,10H2/i10D2. The van der Waals surface area contributed by atoms with E-state index < -0.39 is 6.56 Å². The van der Waals surface area contributed by atoms with Crippen molar-refractivity contribution in [1.29, 1.82) is 0 Å². The normalized spacial score (nSPS) is 13.2. The van der Waals surface area contributed by atoms with Crippen molar-refractivity contribution in [2.75, 3.05) is 0 Å². The molecule has 2 rings (SSSR count). The Bertz CT molecular complexity index is 475. The van der Waals surface area contributed by atoms with Crippen molar-refractivity contribution in [1.82, 2.24) is 0 Å². The van der Waals surface area contributed by atoms with Gasteiger partial charge in [-0.05, 0) is 22.8 Å². The Kier molecular flexibility index (Phi) is 1.98. The molecule has 0 bridgehead atoms. The molecule has 2 aromatic rings. The molecule has 0 heterocycles. The molecule has 1 nitrogen and oxygen atoms in total. The zero-order valence-corrected chi connectivity index (χ0v) is 7.64.